The van der Waals surface area contributed by atoms with Gasteiger partial charge in [0, 0.05) is 37.8 Å². The molecule has 9 heteroatoms. The number of carboxylic acid groups (broad SMARTS) is 1. The number of carbonyl (C=O) groups is 2. The molecule has 146 valence electrons. The summed E-state index contributed by atoms with van der Waals surface area (Å²) in [4.78, 5) is 29.6. The van der Waals surface area contributed by atoms with Crippen LogP contribution in [-0.4, -0.2) is 50.2 Å². The van der Waals surface area contributed by atoms with Gasteiger partial charge in [0.25, 0.3) is 0 Å². The maximum absolute atomic E-state index is 12.2. The van der Waals surface area contributed by atoms with Crippen LogP contribution in [0.2, 0.25) is 5.15 Å². The Kier molecular flexibility index (Phi) is 6.92. The number of nitrogens with zero attached hydrogens (tertiary/aromatic N) is 4. The van der Waals surface area contributed by atoms with Crippen LogP contribution in [0.5, 0.6) is 0 Å². The highest BCUT2D eigenvalue weighted by atomic mass is 35.5. The summed E-state index contributed by atoms with van der Waals surface area (Å²) in [5.74, 6) is -2.22. The van der Waals surface area contributed by atoms with E-state index in [2.05, 4.69) is 15.4 Å². The van der Waals surface area contributed by atoms with Gasteiger partial charge in [0.1, 0.15) is 5.15 Å². The van der Waals surface area contributed by atoms with E-state index in [1.165, 1.54) is 6.20 Å². The van der Waals surface area contributed by atoms with E-state index in [4.69, 9.17) is 11.6 Å². The lowest BCUT2D eigenvalue weighted by Crippen LogP contribution is -2.33. The number of carbonyl (C=O) groups excluding carboxylic acids is 1. The summed E-state index contributed by atoms with van der Waals surface area (Å²) in [5, 5.41) is 16.8. The van der Waals surface area contributed by atoms with E-state index in [1.807, 2.05) is 32.8 Å². The van der Waals surface area contributed by atoms with Crippen LogP contribution in [0.15, 0.2) is 18.3 Å². The predicted molar refractivity (Wildman–Crippen MR) is 103 cm³/mol. The molecule has 27 heavy (non-hydrogen) atoms. The monoisotopic (exact) mass is 393 g/mol. The van der Waals surface area contributed by atoms with Crippen molar-refractivity contribution in [1.82, 2.24) is 19.7 Å². The Morgan fingerprint density at radius 1 is 1.37 bits per heavy atom. The largest absolute Gasteiger partial charge is 0.481 e. The molecule has 0 aliphatic carbocycles. The van der Waals surface area contributed by atoms with Crippen LogP contribution in [-0.2, 0) is 23.2 Å². The van der Waals surface area contributed by atoms with Crippen molar-refractivity contribution in [2.45, 2.75) is 26.8 Å². The molecule has 1 atom stereocenters. The molecule has 0 aromatic carbocycles. The molecular formula is C18H24ClN5O3. The van der Waals surface area contributed by atoms with Gasteiger partial charge >= 0.3 is 5.97 Å². The number of aromatic nitrogens is 3. The van der Waals surface area contributed by atoms with Crippen molar-refractivity contribution in [3.63, 3.8) is 0 Å². The topological polar surface area (TPSA) is 100 Å². The van der Waals surface area contributed by atoms with Gasteiger partial charge in [0.2, 0.25) is 5.91 Å². The summed E-state index contributed by atoms with van der Waals surface area (Å²) < 4.78 is 1.81. The molecule has 2 aromatic rings. The summed E-state index contributed by atoms with van der Waals surface area (Å²) in [6, 6.07) is 3.17. The Morgan fingerprint density at radius 2 is 2.07 bits per heavy atom. The summed E-state index contributed by atoms with van der Waals surface area (Å²) >= 11 is 5.71. The van der Waals surface area contributed by atoms with E-state index in [1.54, 1.807) is 16.8 Å². The average molecular weight is 394 g/mol. The first kappa shape index (κ1) is 20.9. The van der Waals surface area contributed by atoms with E-state index in [9.17, 15) is 14.7 Å². The minimum atomic E-state index is -1.01. The second-order valence-electron chi connectivity index (χ2n) is 6.63. The first-order valence-electron chi connectivity index (χ1n) is 8.49. The molecular weight excluding hydrogens is 370 g/mol. The minimum Gasteiger partial charge on any atom is -0.481 e. The average Bonchev–Trinajstić information content (AvgIpc) is 2.82. The summed E-state index contributed by atoms with van der Waals surface area (Å²) in [7, 11) is 3.71. The van der Waals surface area contributed by atoms with Crippen LogP contribution in [0.4, 0.5) is 5.69 Å². The normalized spacial score (nSPS) is 12.2. The predicted octanol–water partition coefficient (Wildman–Crippen LogP) is 2.25. The first-order chi connectivity index (χ1) is 12.7. The van der Waals surface area contributed by atoms with Crippen LogP contribution in [0.25, 0.3) is 0 Å². The van der Waals surface area contributed by atoms with Gasteiger partial charge < -0.3 is 15.3 Å². The van der Waals surface area contributed by atoms with Crippen LogP contribution in [0.1, 0.15) is 23.4 Å². The summed E-state index contributed by atoms with van der Waals surface area (Å²) in [5.41, 5.74) is 3.50. The first-order valence-corrected chi connectivity index (χ1v) is 8.87. The molecule has 1 amide bonds. The van der Waals surface area contributed by atoms with Crippen molar-refractivity contribution in [3.8, 4) is 0 Å². The molecule has 2 heterocycles. The Labute approximate surface area is 163 Å². The number of anilines is 1. The zero-order valence-electron chi connectivity index (χ0n) is 15.9. The van der Waals surface area contributed by atoms with Crippen LogP contribution in [0, 0.1) is 19.8 Å². The van der Waals surface area contributed by atoms with E-state index in [0.717, 1.165) is 17.0 Å². The molecule has 0 radical (unpaired) electrons. The van der Waals surface area contributed by atoms with Crippen molar-refractivity contribution in [2.24, 2.45) is 13.0 Å². The fourth-order valence-corrected chi connectivity index (χ4v) is 2.98. The fourth-order valence-electron chi connectivity index (χ4n) is 2.87. The minimum absolute atomic E-state index is 0.132. The molecule has 0 saturated heterocycles. The zero-order valence-corrected chi connectivity index (χ0v) is 16.6. The molecule has 2 aromatic heterocycles. The summed E-state index contributed by atoms with van der Waals surface area (Å²) in [6.07, 6.45) is 1.30. The Morgan fingerprint density at radius 3 is 2.59 bits per heavy atom. The Bertz CT molecular complexity index is 819. The maximum atomic E-state index is 12.2. The third kappa shape index (κ3) is 5.77. The number of amides is 1. The van der Waals surface area contributed by atoms with E-state index in [0.29, 0.717) is 17.4 Å². The fraction of sp³-hybridized carbons (Fsp3) is 0.444. The number of aliphatic carboxylic acids is 1. The Hall–Kier alpha value is -2.45. The van der Waals surface area contributed by atoms with Crippen molar-refractivity contribution >= 4 is 29.2 Å². The Balaban J connectivity index is 1.96. The van der Waals surface area contributed by atoms with Crippen LogP contribution >= 0.6 is 11.6 Å². The van der Waals surface area contributed by atoms with Gasteiger partial charge in [-0.3, -0.25) is 14.3 Å². The number of hydrogen-bond acceptors (Lipinski definition) is 5. The second-order valence-corrected chi connectivity index (χ2v) is 7.01. The summed E-state index contributed by atoms with van der Waals surface area (Å²) in [6.45, 7) is 4.72. The lowest BCUT2D eigenvalue weighted by Gasteiger charge is -2.21. The molecule has 0 spiro atoms. The van der Waals surface area contributed by atoms with Crippen LogP contribution in [0.3, 0.4) is 0 Å². The van der Waals surface area contributed by atoms with Gasteiger partial charge in [0.15, 0.2) is 0 Å². The number of halogens is 1. The second kappa shape index (κ2) is 8.96. The third-order valence-electron chi connectivity index (χ3n) is 4.41. The number of aryl methyl sites for hydroxylation is 2. The number of rotatable bonds is 8. The molecule has 2 rings (SSSR count). The number of carboxylic acids is 1. The zero-order chi connectivity index (χ0) is 20.1. The SMILES string of the molecule is Cc1nn(C)c(C)c1CN(C)C[C@H](CC(=O)Nc1ccc(Cl)nc1)C(=O)O. The highest BCUT2D eigenvalue weighted by molar-refractivity contribution is 6.29. The van der Waals surface area contributed by atoms with E-state index >= 15 is 0 Å². The third-order valence-corrected chi connectivity index (χ3v) is 4.63. The van der Waals surface area contributed by atoms with E-state index in [-0.39, 0.29) is 18.9 Å². The quantitative estimate of drug-likeness (QED) is 0.667. The standard InChI is InChI=1S/C18H24ClN5O3/c1-11-15(12(2)24(4)22-11)10-23(3)9-13(18(26)27)7-17(25)21-14-5-6-16(19)20-8-14/h5-6,8,13H,7,9-10H2,1-4H3,(H,21,25)(H,26,27)/t13-/m0/s1. The highest BCUT2D eigenvalue weighted by Crippen LogP contribution is 2.16. The number of pyridine rings is 1. The molecule has 2 N–H and O–H groups in total. The van der Waals surface area contributed by atoms with Gasteiger partial charge in [-0.2, -0.15) is 5.10 Å². The van der Waals surface area contributed by atoms with E-state index < -0.39 is 11.9 Å². The van der Waals surface area contributed by atoms with Crippen molar-refractivity contribution in [3.05, 3.63) is 40.4 Å². The molecule has 0 aliphatic heterocycles. The maximum Gasteiger partial charge on any atom is 0.308 e. The molecule has 0 saturated carbocycles. The highest BCUT2D eigenvalue weighted by Gasteiger charge is 2.24. The molecule has 0 aliphatic rings. The molecule has 0 fully saturated rings. The lowest BCUT2D eigenvalue weighted by atomic mass is 10.0. The smallest absolute Gasteiger partial charge is 0.308 e. The van der Waals surface area contributed by atoms with Gasteiger partial charge in [0.05, 0.1) is 23.5 Å². The number of nitrogens with one attached hydrogen (secondary N) is 1. The number of hydrogen-bond donors (Lipinski definition) is 2. The molecule has 0 bridgehead atoms. The van der Waals surface area contributed by atoms with Gasteiger partial charge in [-0.25, -0.2) is 4.98 Å². The van der Waals surface area contributed by atoms with Gasteiger partial charge in [-0.1, -0.05) is 11.6 Å². The van der Waals surface area contributed by atoms with Crippen molar-refractivity contribution in [1.29, 1.82) is 0 Å². The van der Waals surface area contributed by atoms with Gasteiger partial charge in [-0.05, 0) is 33.0 Å². The van der Waals surface area contributed by atoms with Crippen molar-refractivity contribution in [2.75, 3.05) is 18.9 Å². The van der Waals surface area contributed by atoms with Crippen molar-refractivity contribution < 1.29 is 14.7 Å². The molecule has 0 unspecified atom stereocenters. The van der Waals surface area contributed by atoms with Gasteiger partial charge in [-0.15, -0.1) is 0 Å². The van der Waals surface area contributed by atoms with Crippen LogP contribution < -0.4 is 5.32 Å². The lowest BCUT2D eigenvalue weighted by molar-refractivity contribution is -0.144. The molecule has 8 nitrogen and oxygen atoms in total.